The summed E-state index contributed by atoms with van der Waals surface area (Å²) in [5.41, 5.74) is 4.17. The lowest BCUT2D eigenvalue weighted by Crippen LogP contribution is -3.00. The summed E-state index contributed by atoms with van der Waals surface area (Å²) >= 11 is 0. The van der Waals surface area contributed by atoms with Gasteiger partial charge in [0.2, 0.25) is 0 Å². The fourth-order valence-electron chi connectivity index (χ4n) is 3.73. The van der Waals surface area contributed by atoms with Crippen LogP contribution in [-0.4, -0.2) is 14.1 Å². The van der Waals surface area contributed by atoms with Crippen molar-refractivity contribution < 1.29 is 13.7 Å². The Morgan fingerprint density at radius 3 is 2.19 bits per heavy atom. The van der Waals surface area contributed by atoms with Crippen molar-refractivity contribution in [1.82, 2.24) is 0 Å². The standard InChI is InChI=1S/C27H21NO3/c1-28(2)21-11-8-18(9-12-21)10-13-23-14-20-15-24(19-6-4-3-5-7-19)31-26-17-22(29)16-25(30-23)27(20)26/h3-17H,1-2H3/p+1/b13-10+. The largest absolute Gasteiger partial charge is 0.456 e. The summed E-state index contributed by atoms with van der Waals surface area (Å²) in [7, 11) is 4.20. The lowest BCUT2D eigenvalue weighted by Gasteiger charge is -2.09. The molecule has 3 aromatic carbocycles. The molecule has 0 atom stereocenters. The predicted octanol–water partition coefficient (Wildman–Crippen LogP) is 5.15. The van der Waals surface area contributed by atoms with Gasteiger partial charge < -0.3 is 13.7 Å². The lowest BCUT2D eigenvalue weighted by atomic mass is 10.1. The van der Waals surface area contributed by atoms with Crippen LogP contribution in [0.4, 0.5) is 5.69 Å². The smallest absolute Gasteiger partial charge is 0.186 e. The Kier molecular flexibility index (Phi) is 4.77. The Hall–Kier alpha value is -3.89. The molecule has 0 aliphatic carbocycles. The first-order valence-electron chi connectivity index (χ1n) is 10.2. The normalized spacial score (nSPS) is 11.8. The van der Waals surface area contributed by atoms with Crippen LogP contribution < -0.4 is 10.3 Å². The van der Waals surface area contributed by atoms with Crippen molar-refractivity contribution in [3.05, 3.63) is 100 Å². The summed E-state index contributed by atoms with van der Waals surface area (Å²) in [6.07, 6.45) is 3.94. The molecule has 4 nitrogen and oxygen atoms in total. The van der Waals surface area contributed by atoms with Crippen molar-refractivity contribution >= 4 is 39.8 Å². The monoisotopic (exact) mass is 408 g/mol. The SMILES string of the molecule is C[NH+](C)c1ccc(/C=C/c2cc3cc(-c4ccccc4)oc4cc(=O)cc(o2)c34)cc1. The molecule has 2 heterocycles. The number of hydrogen-bond donors (Lipinski definition) is 1. The van der Waals surface area contributed by atoms with Gasteiger partial charge >= 0.3 is 0 Å². The van der Waals surface area contributed by atoms with Crippen LogP contribution in [0.2, 0.25) is 0 Å². The average molecular weight is 408 g/mol. The molecular weight excluding hydrogens is 386 g/mol. The van der Waals surface area contributed by atoms with Crippen LogP contribution in [0, 0.1) is 0 Å². The maximum absolute atomic E-state index is 12.2. The average Bonchev–Trinajstić information content (AvgIpc) is 2.78. The molecule has 152 valence electrons. The number of benzene rings is 3. The van der Waals surface area contributed by atoms with E-state index in [-0.39, 0.29) is 5.43 Å². The summed E-state index contributed by atoms with van der Waals surface area (Å²) in [5, 5.41) is 1.78. The Balaban J connectivity index is 1.62. The maximum atomic E-state index is 12.2. The highest BCUT2D eigenvalue weighted by Gasteiger charge is 2.12. The molecule has 0 saturated carbocycles. The summed E-state index contributed by atoms with van der Waals surface area (Å²) in [5.74, 6) is 1.38. The van der Waals surface area contributed by atoms with Crippen LogP contribution in [0.3, 0.4) is 0 Å². The number of quaternary nitrogens is 1. The second-order valence-electron chi connectivity index (χ2n) is 7.83. The molecule has 0 amide bonds. The zero-order valence-corrected chi connectivity index (χ0v) is 17.4. The van der Waals surface area contributed by atoms with E-state index in [1.54, 1.807) is 0 Å². The van der Waals surface area contributed by atoms with Crippen molar-refractivity contribution in [1.29, 1.82) is 0 Å². The second-order valence-corrected chi connectivity index (χ2v) is 7.83. The van der Waals surface area contributed by atoms with E-state index in [2.05, 4.69) is 38.4 Å². The highest BCUT2D eigenvalue weighted by molar-refractivity contribution is 6.06. The van der Waals surface area contributed by atoms with Crippen molar-refractivity contribution in [2.75, 3.05) is 14.1 Å². The van der Waals surface area contributed by atoms with Gasteiger partial charge in [-0.3, -0.25) is 4.79 Å². The Morgan fingerprint density at radius 2 is 1.48 bits per heavy atom. The molecule has 1 N–H and O–H groups in total. The van der Waals surface area contributed by atoms with E-state index in [4.69, 9.17) is 8.83 Å². The topological polar surface area (TPSA) is 47.8 Å². The van der Waals surface area contributed by atoms with E-state index >= 15 is 0 Å². The van der Waals surface area contributed by atoms with E-state index in [9.17, 15) is 4.79 Å². The molecule has 0 aliphatic rings. The first-order chi connectivity index (χ1) is 15.1. The van der Waals surface area contributed by atoms with E-state index in [0.717, 1.165) is 21.9 Å². The molecule has 0 saturated heterocycles. The minimum absolute atomic E-state index is 0.144. The maximum Gasteiger partial charge on any atom is 0.186 e. The molecule has 0 unspecified atom stereocenters. The van der Waals surface area contributed by atoms with Crippen LogP contribution in [0.25, 0.3) is 45.4 Å². The van der Waals surface area contributed by atoms with E-state index < -0.39 is 0 Å². The van der Waals surface area contributed by atoms with Crippen LogP contribution in [0.1, 0.15) is 11.3 Å². The molecule has 2 aromatic heterocycles. The van der Waals surface area contributed by atoms with Crippen molar-refractivity contribution in [3.8, 4) is 11.3 Å². The van der Waals surface area contributed by atoms with Gasteiger partial charge in [0.05, 0.1) is 19.5 Å². The third kappa shape index (κ3) is 3.81. The highest BCUT2D eigenvalue weighted by Crippen LogP contribution is 2.32. The predicted molar refractivity (Wildman–Crippen MR) is 126 cm³/mol. The van der Waals surface area contributed by atoms with Crippen LogP contribution >= 0.6 is 0 Å². The Bertz CT molecular complexity index is 1460. The second kappa shape index (κ2) is 7.74. The molecule has 5 rings (SSSR count). The van der Waals surface area contributed by atoms with Crippen LogP contribution in [-0.2, 0) is 0 Å². The van der Waals surface area contributed by atoms with Crippen molar-refractivity contribution in [2.24, 2.45) is 0 Å². The third-order valence-electron chi connectivity index (χ3n) is 5.35. The van der Waals surface area contributed by atoms with Gasteiger partial charge in [-0.15, -0.1) is 0 Å². The van der Waals surface area contributed by atoms with Gasteiger partial charge in [-0.2, -0.15) is 0 Å². The van der Waals surface area contributed by atoms with Gasteiger partial charge in [0.1, 0.15) is 28.4 Å². The number of nitrogens with one attached hydrogen (secondary N) is 1. The van der Waals surface area contributed by atoms with Gasteiger partial charge in [-0.25, -0.2) is 0 Å². The minimum Gasteiger partial charge on any atom is -0.456 e. The Morgan fingerprint density at radius 1 is 0.774 bits per heavy atom. The first kappa shape index (κ1) is 19.1. The fourth-order valence-corrected chi connectivity index (χ4v) is 3.73. The summed E-state index contributed by atoms with van der Waals surface area (Å²) in [4.78, 5) is 13.5. The number of rotatable bonds is 4. The Labute approximate surface area is 179 Å². The fraction of sp³-hybridized carbons (Fsp3) is 0.0741. The molecule has 4 heteroatoms. The zero-order chi connectivity index (χ0) is 21.4. The molecule has 0 fully saturated rings. The highest BCUT2D eigenvalue weighted by atomic mass is 16.3. The quantitative estimate of drug-likeness (QED) is 0.447. The summed E-state index contributed by atoms with van der Waals surface area (Å²) in [6.45, 7) is 0. The molecule has 31 heavy (non-hydrogen) atoms. The van der Waals surface area contributed by atoms with E-state index in [0.29, 0.717) is 22.7 Å². The lowest BCUT2D eigenvalue weighted by molar-refractivity contribution is -0.786. The molecular formula is C27H22NO3+. The molecule has 5 aromatic rings. The van der Waals surface area contributed by atoms with Crippen LogP contribution in [0.15, 0.2) is 92.5 Å². The number of hydrogen-bond acceptors (Lipinski definition) is 3. The third-order valence-corrected chi connectivity index (χ3v) is 5.35. The minimum atomic E-state index is -0.144. The molecule has 0 bridgehead atoms. The molecule has 0 aliphatic heterocycles. The van der Waals surface area contributed by atoms with Crippen LogP contribution in [0.5, 0.6) is 0 Å². The van der Waals surface area contributed by atoms with E-state index in [1.807, 2.05) is 54.6 Å². The van der Waals surface area contributed by atoms with Gasteiger partial charge in [-0.05, 0) is 53.4 Å². The van der Waals surface area contributed by atoms with Gasteiger partial charge in [0.15, 0.2) is 5.43 Å². The summed E-state index contributed by atoms with van der Waals surface area (Å²) in [6, 6.07) is 25.3. The van der Waals surface area contributed by atoms with E-state index in [1.165, 1.54) is 22.7 Å². The molecule has 0 spiro atoms. The van der Waals surface area contributed by atoms with Gasteiger partial charge in [-0.1, -0.05) is 36.4 Å². The zero-order valence-electron chi connectivity index (χ0n) is 17.4. The summed E-state index contributed by atoms with van der Waals surface area (Å²) < 4.78 is 12.1. The van der Waals surface area contributed by atoms with Crippen molar-refractivity contribution in [3.63, 3.8) is 0 Å². The van der Waals surface area contributed by atoms with Gasteiger partial charge in [0.25, 0.3) is 0 Å². The molecule has 0 radical (unpaired) electrons. The van der Waals surface area contributed by atoms with Gasteiger partial charge in [0, 0.05) is 17.7 Å². The first-order valence-corrected chi connectivity index (χ1v) is 10.2. The van der Waals surface area contributed by atoms with Crippen molar-refractivity contribution in [2.45, 2.75) is 0 Å².